The van der Waals surface area contributed by atoms with Crippen LogP contribution in [0.4, 0.5) is 8.78 Å². The van der Waals surface area contributed by atoms with Crippen LogP contribution in [-0.4, -0.2) is 5.78 Å². The molecule has 0 aliphatic heterocycles. The number of ketones is 1. The molecule has 0 heterocycles. The van der Waals surface area contributed by atoms with E-state index in [1.165, 1.54) is 6.07 Å². The molecule has 0 N–H and O–H groups in total. The van der Waals surface area contributed by atoms with Gasteiger partial charge in [-0.3, -0.25) is 4.79 Å². The van der Waals surface area contributed by atoms with E-state index in [1.807, 2.05) is 0 Å². The molecule has 0 saturated carbocycles. The van der Waals surface area contributed by atoms with Crippen molar-refractivity contribution in [3.63, 3.8) is 0 Å². The van der Waals surface area contributed by atoms with Crippen LogP contribution in [0.2, 0.25) is 0 Å². The highest BCUT2D eigenvalue weighted by Crippen LogP contribution is 2.11. The molecule has 1 aromatic carbocycles. The van der Waals surface area contributed by atoms with E-state index in [9.17, 15) is 13.6 Å². The molecule has 0 aliphatic rings. The third-order valence-electron chi connectivity index (χ3n) is 1.74. The minimum atomic E-state index is -1.02. The maximum atomic E-state index is 12.7. The van der Waals surface area contributed by atoms with Gasteiger partial charge in [0.05, 0.1) is 0 Å². The standard InChI is InChI=1S/C11H8F2O/c1-2-3-4-11(14)8-5-6-9(12)10(13)7-8/h1,5-7H,3-4H2. The van der Waals surface area contributed by atoms with E-state index in [0.29, 0.717) is 6.42 Å². The summed E-state index contributed by atoms with van der Waals surface area (Å²) in [5, 5.41) is 0. The molecule has 0 saturated heterocycles. The smallest absolute Gasteiger partial charge is 0.163 e. The van der Waals surface area contributed by atoms with Gasteiger partial charge < -0.3 is 0 Å². The van der Waals surface area contributed by atoms with Crippen molar-refractivity contribution in [3.05, 3.63) is 35.4 Å². The predicted octanol–water partition coefficient (Wildman–Crippen LogP) is 2.56. The molecule has 0 unspecified atom stereocenters. The van der Waals surface area contributed by atoms with Gasteiger partial charge in [-0.05, 0) is 18.2 Å². The molecule has 0 radical (unpaired) electrons. The fourth-order valence-corrected chi connectivity index (χ4v) is 1.000. The van der Waals surface area contributed by atoms with Crippen molar-refractivity contribution in [2.75, 3.05) is 0 Å². The third kappa shape index (κ3) is 2.40. The highest BCUT2D eigenvalue weighted by molar-refractivity contribution is 5.96. The van der Waals surface area contributed by atoms with E-state index in [4.69, 9.17) is 6.42 Å². The van der Waals surface area contributed by atoms with Gasteiger partial charge in [0, 0.05) is 18.4 Å². The fraction of sp³-hybridized carbons (Fsp3) is 0.182. The second kappa shape index (κ2) is 4.52. The molecule has 14 heavy (non-hydrogen) atoms. The van der Waals surface area contributed by atoms with Crippen LogP contribution in [0.5, 0.6) is 0 Å². The topological polar surface area (TPSA) is 17.1 Å². The van der Waals surface area contributed by atoms with Crippen molar-refractivity contribution in [2.45, 2.75) is 12.8 Å². The van der Waals surface area contributed by atoms with Crippen molar-refractivity contribution in [3.8, 4) is 12.3 Å². The molecule has 0 fully saturated rings. The monoisotopic (exact) mass is 194 g/mol. The zero-order valence-corrected chi connectivity index (χ0v) is 7.39. The van der Waals surface area contributed by atoms with E-state index in [1.54, 1.807) is 0 Å². The van der Waals surface area contributed by atoms with Crippen LogP contribution in [-0.2, 0) is 0 Å². The van der Waals surface area contributed by atoms with Gasteiger partial charge in [-0.1, -0.05) is 0 Å². The number of hydrogen-bond donors (Lipinski definition) is 0. The van der Waals surface area contributed by atoms with Crippen LogP contribution in [0.15, 0.2) is 18.2 Å². The van der Waals surface area contributed by atoms with Gasteiger partial charge in [0.1, 0.15) is 0 Å². The molecule has 0 amide bonds. The summed E-state index contributed by atoms with van der Waals surface area (Å²) in [7, 11) is 0. The summed E-state index contributed by atoms with van der Waals surface area (Å²) in [4.78, 5) is 11.3. The van der Waals surface area contributed by atoms with Crippen molar-refractivity contribution in [1.29, 1.82) is 0 Å². The number of hydrogen-bond acceptors (Lipinski definition) is 1. The molecule has 72 valence electrons. The van der Waals surface area contributed by atoms with E-state index in [-0.39, 0.29) is 17.8 Å². The lowest BCUT2D eigenvalue weighted by atomic mass is 10.1. The first-order valence-corrected chi connectivity index (χ1v) is 4.07. The quantitative estimate of drug-likeness (QED) is 0.533. The van der Waals surface area contributed by atoms with Crippen LogP contribution >= 0.6 is 0 Å². The Morgan fingerprint density at radius 2 is 2.07 bits per heavy atom. The average molecular weight is 194 g/mol. The van der Waals surface area contributed by atoms with Gasteiger partial charge in [-0.25, -0.2) is 8.78 Å². The molecule has 0 aromatic heterocycles. The summed E-state index contributed by atoms with van der Waals surface area (Å²) < 4.78 is 25.2. The maximum absolute atomic E-state index is 12.7. The summed E-state index contributed by atoms with van der Waals surface area (Å²) in [5.41, 5.74) is 0.152. The molecular weight excluding hydrogens is 186 g/mol. The zero-order chi connectivity index (χ0) is 10.6. The highest BCUT2D eigenvalue weighted by Gasteiger charge is 2.08. The van der Waals surface area contributed by atoms with Crippen LogP contribution in [0.1, 0.15) is 23.2 Å². The van der Waals surface area contributed by atoms with E-state index < -0.39 is 11.6 Å². The Balaban J connectivity index is 2.82. The minimum absolute atomic E-state index is 0.152. The van der Waals surface area contributed by atoms with Gasteiger partial charge >= 0.3 is 0 Å². The van der Waals surface area contributed by atoms with Gasteiger partial charge in [0.25, 0.3) is 0 Å². The average Bonchev–Trinajstić information content (AvgIpc) is 2.18. The molecule has 0 bridgehead atoms. The maximum Gasteiger partial charge on any atom is 0.163 e. The van der Waals surface area contributed by atoms with E-state index >= 15 is 0 Å². The fourth-order valence-electron chi connectivity index (χ4n) is 1.000. The van der Waals surface area contributed by atoms with Crippen molar-refractivity contribution >= 4 is 5.78 Å². The summed E-state index contributed by atoms with van der Waals surface area (Å²) in [6.45, 7) is 0. The Hall–Kier alpha value is -1.69. The Bertz CT molecular complexity index is 391. The largest absolute Gasteiger partial charge is 0.294 e. The Labute approximate surface area is 80.7 Å². The molecule has 0 aliphatic carbocycles. The highest BCUT2D eigenvalue weighted by atomic mass is 19.2. The van der Waals surface area contributed by atoms with Crippen molar-refractivity contribution < 1.29 is 13.6 Å². The van der Waals surface area contributed by atoms with Gasteiger partial charge in [0.15, 0.2) is 17.4 Å². The van der Waals surface area contributed by atoms with Gasteiger partial charge in [-0.2, -0.15) is 0 Å². The van der Waals surface area contributed by atoms with E-state index in [2.05, 4.69) is 5.92 Å². The summed E-state index contributed by atoms with van der Waals surface area (Å²) in [6, 6.07) is 3.06. The SMILES string of the molecule is C#CCCC(=O)c1ccc(F)c(F)c1. The first-order chi connectivity index (χ1) is 6.65. The Morgan fingerprint density at radius 1 is 1.36 bits per heavy atom. The summed E-state index contributed by atoms with van der Waals surface area (Å²) in [5.74, 6) is 0.0528. The van der Waals surface area contributed by atoms with Crippen LogP contribution < -0.4 is 0 Å². The summed E-state index contributed by atoms with van der Waals surface area (Å²) >= 11 is 0. The Kier molecular flexibility index (Phi) is 3.35. The first-order valence-electron chi connectivity index (χ1n) is 4.07. The first kappa shape index (κ1) is 10.4. The van der Waals surface area contributed by atoms with E-state index in [0.717, 1.165) is 12.1 Å². The van der Waals surface area contributed by atoms with Gasteiger partial charge in [-0.15, -0.1) is 12.3 Å². The van der Waals surface area contributed by atoms with Crippen LogP contribution in [0.3, 0.4) is 0 Å². The summed E-state index contributed by atoms with van der Waals surface area (Å²) in [6.07, 6.45) is 5.43. The molecule has 0 atom stereocenters. The molecule has 1 rings (SSSR count). The van der Waals surface area contributed by atoms with Crippen molar-refractivity contribution in [1.82, 2.24) is 0 Å². The van der Waals surface area contributed by atoms with Gasteiger partial charge in [0.2, 0.25) is 0 Å². The second-order valence-electron chi connectivity index (χ2n) is 2.76. The molecule has 0 spiro atoms. The number of benzene rings is 1. The molecule has 1 nitrogen and oxygen atoms in total. The number of halogens is 2. The molecular formula is C11H8F2O. The lowest BCUT2D eigenvalue weighted by Gasteiger charge is -1.99. The van der Waals surface area contributed by atoms with Crippen molar-refractivity contribution in [2.24, 2.45) is 0 Å². The second-order valence-corrected chi connectivity index (χ2v) is 2.76. The third-order valence-corrected chi connectivity index (χ3v) is 1.74. The number of carbonyl (C=O) groups is 1. The lowest BCUT2D eigenvalue weighted by molar-refractivity contribution is 0.0984. The zero-order valence-electron chi connectivity index (χ0n) is 7.39. The lowest BCUT2D eigenvalue weighted by Crippen LogP contribution is -1.99. The number of Topliss-reactive ketones (excluding diaryl/α,β-unsaturated/α-hetero) is 1. The molecule has 3 heteroatoms. The Morgan fingerprint density at radius 3 is 2.64 bits per heavy atom. The number of carbonyl (C=O) groups excluding carboxylic acids is 1. The predicted molar refractivity (Wildman–Crippen MR) is 48.8 cm³/mol. The van der Waals surface area contributed by atoms with Crippen LogP contribution in [0, 0.1) is 24.0 Å². The number of terminal acetylenes is 1. The number of rotatable bonds is 3. The normalized spacial score (nSPS) is 9.50. The van der Waals surface area contributed by atoms with Crippen LogP contribution in [0.25, 0.3) is 0 Å². The molecule has 1 aromatic rings. The minimum Gasteiger partial charge on any atom is -0.294 e.